The van der Waals surface area contributed by atoms with Gasteiger partial charge in [0.15, 0.2) is 0 Å². The van der Waals surface area contributed by atoms with Gasteiger partial charge in [-0.3, -0.25) is 4.79 Å². The minimum absolute atomic E-state index is 0.176. The van der Waals surface area contributed by atoms with Gasteiger partial charge in [-0.25, -0.2) is 4.98 Å². The van der Waals surface area contributed by atoms with Crippen LogP contribution in [-0.2, 0) is 17.1 Å². The van der Waals surface area contributed by atoms with Gasteiger partial charge in [0, 0.05) is 30.2 Å². The minimum Gasteiger partial charge on any atom is -0.497 e. The van der Waals surface area contributed by atoms with Crippen molar-refractivity contribution in [3.8, 4) is 5.75 Å². The molecule has 1 N–H and O–H groups in total. The number of para-hydroxylation sites is 2. The molecule has 0 saturated carbocycles. The number of hydrogen-bond donors (Lipinski definition) is 1. The van der Waals surface area contributed by atoms with Crippen LogP contribution in [0.1, 0.15) is 30.1 Å². The highest BCUT2D eigenvalue weighted by Gasteiger charge is 2.26. The second-order valence-corrected chi connectivity index (χ2v) is 9.21. The Hall–Kier alpha value is -2.93. The van der Waals surface area contributed by atoms with E-state index in [1.54, 1.807) is 18.9 Å². The van der Waals surface area contributed by atoms with Crippen LogP contribution in [0.3, 0.4) is 0 Å². The number of fused-ring (bicyclic) bond motifs is 2. The predicted octanol–water partition coefficient (Wildman–Crippen LogP) is 4.80. The number of likely N-dealkylation sites (tertiary alicyclic amines) is 1. The number of hydrogen-bond acceptors (Lipinski definition) is 4. The summed E-state index contributed by atoms with van der Waals surface area (Å²) in [5.74, 6) is 3.26. The van der Waals surface area contributed by atoms with Crippen LogP contribution in [0.4, 0.5) is 0 Å². The molecule has 6 nitrogen and oxygen atoms in total. The third kappa shape index (κ3) is 3.86. The Balaban J connectivity index is 1.30. The summed E-state index contributed by atoms with van der Waals surface area (Å²) in [6, 6.07) is 14.2. The van der Waals surface area contributed by atoms with E-state index in [4.69, 9.17) is 9.72 Å². The smallest absolute Gasteiger partial charge is 0.242 e. The summed E-state index contributed by atoms with van der Waals surface area (Å²) >= 11 is 1.73. The van der Waals surface area contributed by atoms with E-state index >= 15 is 0 Å². The van der Waals surface area contributed by atoms with Gasteiger partial charge >= 0.3 is 0 Å². The van der Waals surface area contributed by atoms with Crippen molar-refractivity contribution in [2.45, 2.75) is 31.1 Å². The number of carbonyl (C=O) groups is 1. The van der Waals surface area contributed by atoms with Gasteiger partial charge in [0.05, 0.1) is 23.9 Å². The summed E-state index contributed by atoms with van der Waals surface area (Å²) in [4.78, 5) is 23.4. The van der Waals surface area contributed by atoms with Crippen molar-refractivity contribution in [3.63, 3.8) is 0 Å². The number of H-pyrrole nitrogens is 1. The maximum absolute atomic E-state index is 13.2. The number of ether oxygens (including phenoxy) is 1. The largest absolute Gasteiger partial charge is 0.497 e. The third-order valence-corrected chi connectivity index (χ3v) is 7.06. The third-order valence-electron chi connectivity index (χ3n) is 6.51. The normalized spacial score (nSPS) is 15.0. The zero-order valence-corrected chi connectivity index (χ0v) is 19.3. The number of imidazole rings is 1. The van der Waals surface area contributed by atoms with Gasteiger partial charge in [-0.1, -0.05) is 12.1 Å². The Morgan fingerprint density at radius 3 is 2.81 bits per heavy atom. The minimum atomic E-state index is 0.176. The van der Waals surface area contributed by atoms with Gasteiger partial charge in [-0.2, -0.15) is 11.8 Å². The first-order valence-electron chi connectivity index (χ1n) is 11.0. The van der Waals surface area contributed by atoms with Crippen LogP contribution < -0.4 is 4.74 Å². The molecule has 32 heavy (non-hydrogen) atoms. The number of rotatable bonds is 6. The molecule has 3 heterocycles. The first kappa shape index (κ1) is 20.9. The quantitative estimate of drug-likeness (QED) is 0.460. The summed E-state index contributed by atoms with van der Waals surface area (Å²) in [5.41, 5.74) is 4.45. The molecule has 1 fully saturated rings. The van der Waals surface area contributed by atoms with Crippen LogP contribution >= 0.6 is 11.8 Å². The van der Waals surface area contributed by atoms with Crippen molar-refractivity contribution in [2.24, 2.45) is 0 Å². The van der Waals surface area contributed by atoms with Crippen LogP contribution in [-0.4, -0.2) is 51.8 Å². The van der Waals surface area contributed by atoms with Gasteiger partial charge < -0.3 is 19.2 Å². The Morgan fingerprint density at radius 2 is 2.03 bits per heavy atom. The molecule has 2 aromatic heterocycles. The zero-order valence-electron chi connectivity index (χ0n) is 18.5. The molecule has 1 saturated heterocycles. The fraction of sp³-hybridized carbons (Fsp3) is 0.360. The second-order valence-electron chi connectivity index (χ2n) is 8.35. The zero-order chi connectivity index (χ0) is 22.1. The monoisotopic (exact) mass is 448 g/mol. The maximum Gasteiger partial charge on any atom is 0.242 e. The Bertz CT molecular complexity index is 1250. The topological polar surface area (TPSA) is 63.1 Å². The molecule has 5 rings (SSSR count). The second kappa shape index (κ2) is 8.90. The number of nitrogens with one attached hydrogen (secondary N) is 1. The molecule has 0 unspecified atom stereocenters. The van der Waals surface area contributed by atoms with Crippen LogP contribution in [0.5, 0.6) is 5.75 Å². The average molecular weight is 449 g/mol. The fourth-order valence-corrected chi connectivity index (χ4v) is 5.28. The molecule has 1 amide bonds. The van der Waals surface area contributed by atoms with Gasteiger partial charge in [0.2, 0.25) is 5.91 Å². The summed E-state index contributed by atoms with van der Waals surface area (Å²) in [7, 11) is 1.70. The molecule has 2 aromatic carbocycles. The van der Waals surface area contributed by atoms with Crippen molar-refractivity contribution >= 4 is 39.6 Å². The van der Waals surface area contributed by atoms with Crippen LogP contribution in [0.15, 0.2) is 48.7 Å². The van der Waals surface area contributed by atoms with Gasteiger partial charge in [0.25, 0.3) is 0 Å². The molecule has 0 spiro atoms. The molecule has 166 valence electrons. The Labute approximate surface area is 192 Å². The number of carbonyl (C=O) groups excluding carboxylic acids is 1. The standard InChI is InChI=1S/C25H28N4O2S/c1-31-18-7-8-21-19(13-18)20(14-26-21)17-9-11-28(12-10-17)25(30)15-29-23-6-4-3-5-22(23)27-24(29)16-32-2/h3-8,13-14,17,26H,9-12,15-16H2,1-2H3. The van der Waals surface area contributed by atoms with Crippen molar-refractivity contribution in [2.75, 3.05) is 26.5 Å². The van der Waals surface area contributed by atoms with Gasteiger partial charge in [-0.15, -0.1) is 0 Å². The average Bonchev–Trinajstić information content (AvgIpc) is 3.40. The number of amides is 1. The Kier molecular flexibility index (Phi) is 5.83. The van der Waals surface area contributed by atoms with Gasteiger partial charge in [0.1, 0.15) is 18.1 Å². The lowest BCUT2D eigenvalue weighted by molar-refractivity contribution is -0.132. The highest BCUT2D eigenvalue weighted by molar-refractivity contribution is 7.97. The summed E-state index contributed by atoms with van der Waals surface area (Å²) < 4.78 is 7.50. The maximum atomic E-state index is 13.2. The van der Waals surface area contributed by atoms with E-state index in [1.165, 1.54) is 10.9 Å². The van der Waals surface area contributed by atoms with Crippen LogP contribution in [0.25, 0.3) is 21.9 Å². The van der Waals surface area contributed by atoms with E-state index < -0.39 is 0 Å². The van der Waals surface area contributed by atoms with Crippen molar-refractivity contribution in [1.82, 2.24) is 19.4 Å². The first-order valence-corrected chi connectivity index (χ1v) is 12.4. The molecular formula is C25H28N4O2S. The lowest BCUT2D eigenvalue weighted by Crippen LogP contribution is -2.39. The molecule has 7 heteroatoms. The Morgan fingerprint density at radius 1 is 1.22 bits per heavy atom. The lowest BCUT2D eigenvalue weighted by atomic mass is 9.89. The summed E-state index contributed by atoms with van der Waals surface area (Å²) in [6.45, 7) is 1.92. The predicted molar refractivity (Wildman–Crippen MR) is 130 cm³/mol. The molecule has 0 aliphatic carbocycles. The molecular weight excluding hydrogens is 420 g/mol. The number of aromatic nitrogens is 3. The highest BCUT2D eigenvalue weighted by Crippen LogP contribution is 2.35. The van der Waals surface area contributed by atoms with Crippen LogP contribution in [0.2, 0.25) is 0 Å². The van der Waals surface area contributed by atoms with E-state index in [1.807, 2.05) is 29.2 Å². The van der Waals surface area contributed by atoms with Crippen molar-refractivity contribution in [3.05, 3.63) is 60.0 Å². The molecule has 0 atom stereocenters. The number of methoxy groups -OCH3 is 1. The SMILES string of the molecule is COc1ccc2[nH]cc(C3CCN(C(=O)Cn4c(CSC)nc5ccccc54)CC3)c2c1. The van der Waals surface area contributed by atoms with E-state index in [-0.39, 0.29) is 5.91 Å². The first-order chi connectivity index (χ1) is 15.7. The number of thioether (sulfide) groups is 1. The fourth-order valence-electron chi connectivity index (χ4n) is 4.80. The van der Waals surface area contributed by atoms with Crippen molar-refractivity contribution in [1.29, 1.82) is 0 Å². The number of piperidine rings is 1. The van der Waals surface area contributed by atoms with E-state index in [0.29, 0.717) is 12.5 Å². The number of aromatic amines is 1. The molecule has 0 radical (unpaired) electrons. The molecule has 4 aromatic rings. The summed E-state index contributed by atoms with van der Waals surface area (Å²) in [5, 5.41) is 1.22. The van der Waals surface area contributed by atoms with E-state index in [9.17, 15) is 4.79 Å². The highest BCUT2D eigenvalue weighted by atomic mass is 32.2. The number of benzene rings is 2. The van der Waals surface area contributed by atoms with E-state index in [0.717, 1.165) is 59.8 Å². The summed E-state index contributed by atoms with van der Waals surface area (Å²) in [6.07, 6.45) is 6.13. The molecule has 0 bridgehead atoms. The van der Waals surface area contributed by atoms with E-state index in [2.05, 4.69) is 40.2 Å². The van der Waals surface area contributed by atoms with Crippen molar-refractivity contribution < 1.29 is 9.53 Å². The van der Waals surface area contributed by atoms with Crippen LogP contribution in [0, 0.1) is 0 Å². The molecule has 1 aliphatic heterocycles. The molecule has 1 aliphatic rings. The van der Waals surface area contributed by atoms with Gasteiger partial charge in [-0.05, 0) is 60.9 Å². The number of nitrogens with zero attached hydrogens (tertiary/aromatic N) is 3. The lowest BCUT2D eigenvalue weighted by Gasteiger charge is -2.32.